The molecule has 5 rings (SSSR count). The summed E-state index contributed by atoms with van der Waals surface area (Å²) in [4.78, 5) is 14.7. The summed E-state index contributed by atoms with van der Waals surface area (Å²) < 4.78 is 18.4. The van der Waals surface area contributed by atoms with E-state index in [0.29, 0.717) is 30.5 Å². The van der Waals surface area contributed by atoms with Gasteiger partial charge in [-0.2, -0.15) is 0 Å². The van der Waals surface area contributed by atoms with E-state index < -0.39 is 6.09 Å². The van der Waals surface area contributed by atoms with Gasteiger partial charge in [0.15, 0.2) is 0 Å². The molecular weight excluding hydrogens is 415 g/mol. The Balaban J connectivity index is 1.44. The zero-order valence-corrected chi connectivity index (χ0v) is 19.7. The average molecular weight is 449 g/mol. The van der Waals surface area contributed by atoms with Gasteiger partial charge in [-0.3, -0.25) is 10.2 Å². The minimum Gasteiger partial charge on any atom is -0.450 e. The molecule has 2 bridgehead atoms. The van der Waals surface area contributed by atoms with Gasteiger partial charge in [-0.1, -0.05) is 37.3 Å². The molecule has 1 saturated heterocycles. The highest BCUT2D eigenvalue weighted by Crippen LogP contribution is 2.53. The summed E-state index contributed by atoms with van der Waals surface area (Å²) in [6, 6.07) is 14.2. The van der Waals surface area contributed by atoms with Crippen molar-refractivity contribution in [1.29, 1.82) is 0 Å². The summed E-state index contributed by atoms with van der Waals surface area (Å²) in [5.74, 6) is 0.901. The molecule has 2 aromatic rings. The smallest absolute Gasteiger partial charge is 0.411 e. The van der Waals surface area contributed by atoms with Crippen molar-refractivity contribution in [2.24, 2.45) is 11.8 Å². The molecule has 0 aromatic heterocycles. The lowest BCUT2D eigenvalue weighted by molar-refractivity contribution is -0.0140. The van der Waals surface area contributed by atoms with Crippen molar-refractivity contribution in [2.45, 2.75) is 57.5 Å². The fourth-order valence-electron chi connectivity index (χ4n) is 6.43. The number of benzene rings is 2. The lowest BCUT2D eigenvalue weighted by atomic mass is 9.54. The van der Waals surface area contributed by atoms with E-state index in [0.717, 1.165) is 25.1 Å². The summed E-state index contributed by atoms with van der Waals surface area (Å²) in [7, 11) is 0. The van der Waals surface area contributed by atoms with Crippen LogP contribution in [0.15, 0.2) is 54.6 Å². The molecule has 4 unspecified atom stereocenters. The fourth-order valence-corrected chi connectivity index (χ4v) is 6.43. The largest absolute Gasteiger partial charge is 0.450 e. The van der Waals surface area contributed by atoms with Gasteiger partial charge in [0.1, 0.15) is 5.82 Å². The summed E-state index contributed by atoms with van der Waals surface area (Å²) >= 11 is 0. The van der Waals surface area contributed by atoms with Crippen molar-refractivity contribution in [3.8, 4) is 0 Å². The van der Waals surface area contributed by atoms with Crippen LogP contribution in [0.1, 0.15) is 43.9 Å². The molecule has 1 fully saturated rings. The van der Waals surface area contributed by atoms with Gasteiger partial charge in [0, 0.05) is 29.7 Å². The second kappa shape index (κ2) is 8.60. The number of allylic oxidation sites excluding steroid dienone is 1. The van der Waals surface area contributed by atoms with Gasteiger partial charge >= 0.3 is 6.09 Å². The zero-order chi connectivity index (χ0) is 23.2. The van der Waals surface area contributed by atoms with Crippen LogP contribution < -0.4 is 5.32 Å². The van der Waals surface area contributed by atoms with E-state index in [1.807, 2.05) is 25.1 Å². The second-order valence-corrected chi connectivity index (χ2v) is 9.99. The molecule has 1 amide bonds. The maximum atomic E-state index is 13.3. The van der Waals surface area contributed by atoms with Crippen molar-refractivity contribution in [2.75, 3.05) is 18.5 Å². The Labute approximate surface area is 195 Å². The van der Waals surface area contributed by atoms with Crippen molar-refractivity contribution in [1.82, 2.24) is 4.90 Å². The third kappa shape index (κ3) is 3.97. The maximum Gasteiger partial charge on any atom is 0.411 e. The molecule has 1 aliphatic heterocycles. The number of halogens is 1. The molecule has 4 nitrogen and oxygen atoms in total. The third-order valence-electron chi connectivity index (χ3n) is 8.23. The number of nitrogens with one attached hydrogen (secondary N) is 1. The number of amides is 1. The summed E-state index contributed by atoms with van der Waals surface area (Å²) in [6.45, 7) is 7.86. The van der Waals surface area contributed by atoms with Gasteiger partial charge in [0.2, 0.25) is 0 Å². The van der Waals surface area contributed by atoms with Gasteiger partial charge in [-0.05, 0) is 85.9 Å². The van der Waals surface area contributed by atoms with Crippen molar-refractivity contribution < 1.29 is 13.9 Å². The number of piperidine rings is 1. The minimum atomic E-state index is -0.408. The number of anilines is 1. The van der Waals surface area contributed by atoms with E-state index in [2.05, 4.69) is 48.3 Å². The predicted molar refractivity (Wildman–Crippen MR) is 129 cm³/mol. The molecule has 1 N–H and O–H groups in total. The Morgan fingerprint density at radius 3 is 2.79 bits per heavy atom. The summed E-state index contributed by atoms with van der Waals surface area (Å²) in [5.41, 5.74) is 4.59. The lowest BCUT2D eigenvalue weighted by Gasteiger charge is -2.59. The second-order valence-electron chi connectivity index (χ2n) is 9.99. The molecule has 0 spiro atoms. The van der Waals surface area contributed by atoms with E-state index in [9.17, 15) is 9.18 Å². The first-order valence-corrected chi connectivity index (χ1v) is 12.2. The lowest BCUT2D eigenvalue weighted by Crippen LogP contribution is -2.62. The molecule has 5 heteroatoms. The van der Waals surface area contributed by atoms with E-state index in [-0.39, 0.29) is 11.2 Å². The van der Waals surface area contributed by atoms with Gasteiger partial charge in [0.05, 0.1) is 6.61 Å². The van der Waals surface area contributed by atoms with Crippen molar-refractivity contribution >= 4 is 11.8 Å². The Hall–Kier alpha value is -2.66. The Kier molecular flexibility index (Phi) is 5.77. The number of likely N-dealkylation sites (tertiary alicyclic amines) is 1. The Morgan fingerprint density at radius 2 is 2.03 bits per heavy atom. The van der Waals surface area contributed by atoms with E-state index in [1.54, 1.807) is 12.1 Å². The van der Waals surface area contributed by atoms with Crippen LogP contribution in [-0.4, -0.2) is 36.2 Å². The molecule has 2 aliphatic carbocycles. The predicted octanol–water partition coefficient (Wildman–Crippen LogP) is 5.72. The zero-order valence-electron chi connectivity index (χ0n) is 19.7. The molecule has 2 aromatic carbocycles. The number of carbonyl (C=O) groups excluding carboxylic acids is 1. The van der Waals surface area contributed by atoms with Gasteiger partial charge < -0.3 is 4.74 Å². The first-order valence-electron chi connectivity index (χ1n) is 12.2. The monoisotopic (exact) mass is 448 g/mol. The van der Waals surface area contributed by atoms with Crippen LogP contribution in [0.25, 0.3) is 0 Å². The number of rotatable bonds is 5. The van der Waals surface area contributed by atoms with Crippen molar-refractivity contribution in [3.63, 3.8) is 0 Å². The summed E-state index contributed by atoms with van der Waals surface area (Å²) in [5, 5.41) is 2.88. The molecule has 1 heterocycles. The number of nitrogens with zero attached hydrogens (tertiary/aromatic N) is 1. The first-order chi connectivity index (χ1) is 15.9. The van der Waals surface area contributed by atoms with Gasteiger partial charge in [0.25, 0.3) is 0 Å². The van der Waals surface area contributed by atoms with Crippen LogP contribution in [0.3, 0.4) is 0 Å². The highest BCUT2D eigenvalue weighted by molar-refractivity contribution is 5.85. The minimum absolute atomic E-state index is 0.0602. The van der Waals surface area contributed by atoms with Crippen LogP contribution in [0, 0.1) is 17.7 Å². The van der Waals surface area contributed by atoms with Crippen LogP contribution in [0.2, 0.25) is 0 Å². The number of ether oxygens (including phenoxy) is 1. The molecule has 3 aliphatic rings. The van der Waals surface area contributed by atoms with E-state index in [1.165, 1.54) is 23.1 Å². The van der Waals surface area contributed by atoms with Crippen LogP contribution in [0.4, 0.5) is 14.9 Å². The van der Waals surface area contributed by atoms with Crippen LogP contribution >= 0.6 is 0 Å². The number of carbonyl (C=O) groups is 1. The average Bonchev–Trinajstić information content (AvgIpc) is 2.80. The normalized spacial score (nSPS) is 29.9. The number of hydrogen-bond acceptors (Lipinski definition) is 3. The van der Waals surface area contributed by atoms with E-state index >= 15 is 0 Å². The highest BCUT2D eigenvalue weighted by Gasteiger charge is 2.53. The van der Waals surface area contributed by atoms with E-state index in [4.69, 9.17) is 4.74 Å². The maximum absolute atomic E-state index is 13.3. The number of fused-ring (bicyclic) bond motifs is 3. The quantitative estimate of drug-likeness (QED) is 0.595. The molecule has 5 atom stereocenters. The SMILES string of the molecule is CCOC(=O)Nc1ccc2c(c1)[C@]1(C)C=CC3CC1C(C2)N(CCc1ccc(F)cc1)C3C. The fraction of sp³-hybridized carbons (Fsp3) is 0.464. The van der Waals surface area contributed by atoms with Crippen molar-refractivity contribution in [3.05, 3.63) is 77.1 Å². The van der Waals surface area contributed by atoms with Crippen LogP contribution in [-0.2, 0) is 23.0 Å². The van der Waals surface area contributed by atoms with Crippen LogP contribution in [0.5, 0.6) is 0 Å². The standard InChI is InChI=1S/C28H33FN2O2/c1-4-33-27(32)30-23-10-7-21-16-26-25-15-20(11-13-28(25,3)24(21)17-23)18(2)31(26)14-12-19-5-8-22(29)9-6-19/h5-11,13,17-18,20,25-26H,4,12,14-16H2,1-3H3,(H,30,32)/t18?,20?,25?,26?,28-/m0/s1. The first kappa shape index (κ1) is 22.1. The van der Waals surface area contributed by atoms with Gasteiger partial charge in [-0.15, -0.1) is 0 Å². The molecule has 174 valence electrons. The Morgan fingerprint density at radius 1 is 1.24 bits per heavy atom. The summed E-state index contributed by atoms with van der Waals surface area (Å²) in [6.07, 6.45) is 7.58. The molecular formula is C28H33FN2O2. The Bertz CT molecular complexity index is 1070. The molecule has 0 saturated carbocycles. The molecule has 33 heavy (non-hydrogen) atoms. The van der Waals surface area contributed by atoms with Gasteiger partial charge in [-0.25, -0.2) is 9.18 Å². The molecule has 0 radical (unpaired) electrons. The topological polar surface area (TPSA) is 41.6 Å². The third-order valence-corrected chi connectivity index (χ3v) is 8.23. The highest BCUT2D eigenvalue weighted by atomic mass is 19.1. The number of hydrogen-bond donors (Lipinski definition) is 1.